The topological polar surface area (TPSA) is 12.0 Å². The van der Waals surface area contributed by atoms with Crippen LogP contribution in [-0.2, 0) is 0 Å². The van der Waals surface area contributed by atoms with E-state index in [9.17, 15) is 4.39 Å². The van der Waals surface area contributed by atoms with Gasteiger partial charge in [-0.1, -0.05) is 18.9 Å². The number of hydrogen-bond acceptors (Lipinski definition) is 1. The van der Waals surface area contributed by atoms with Crippen LogP contribution in [0.25, 0.3) is 0 Å². The highest BCUT2D eigenvalue weighted by Gasteiger charge is 2.27. The molecule has 1 fully saturated rings. The van der Waals surface area contributed by atoms with Crippen molar-refractivity contribution in [2.24, 2.45) is 5.92 Å². The Labute approximate surface area is 103 Å². The van der Waals surface area contributed by atoms with Gasteiger partial charge >= 0.3 is 0 Å². The molecule has 0 bridgehead atoms. The molecule has 1 aromatic rings. The minimum absolute atomic E-state index is 0.0978. The van der Waals surface area contributed by atoms with Crippen molar-refractivity contribution in [3.8, 4) is 0 Å². The number of aryl methyl sites for hydroxylation is 1. The molecule has 1 aliphatic carbocycles. The second-order valence-electron chi connectivity index (χ2n) is 5.21. The average Bonchev–Trinajstić information content (AvgIpc) is 2.34. The molecule has 0 radical (unpaired) electrons. The molecular weight excluding hydrogens is 213 g/mol. The van der Waals surface area contributed by atoms with E-state index in [1.165, 1.54) is 36.8 Å². The van der Waals surface area contributed by atoms with Gasteiger partial charge in [0, 0.05) is 0 Å². The summed E-state index contributed by atoms with van der Waals surface area (Å²) in [5.41, 5.74) is 2.46. The van der Waals surface area contributed by atoms with E-state index >= 15 is 0 Å². The maximum atomic E-state index is 13.4. The maximum Gasteiger partial charge on any atom is 0.123 e. The van der Waals surface area contributed by atoms with E-state index in [1.807, 2.05) is 13.1 Å². The molecule has 1 nitrogen and oxygen atoms in total. The molecule has 2 unspecified atom stereocenters. The highest BCUT2D eigenvalue weighted by Crippen LogP contribution is 2.38. The van der Waals surface area contributed by atoms with Crippen LogP contribution in [0.2, 0.25) is 0 Å². The van der Waals surface area contributed by atoms with E-state index in [0.717, 1.165) is 6.54 Å². The van der Waals surface area contributed by atoms with Crippen LogP contribution in [0, 0.1) is 18.7 Å². The van der Waals surface area contributed by atoms with Gasteiger partial charge < -0.3 is 5.32 Å². The Hall–Kier alpha value is -0.890. The first-order valence-corrected chi connectivity index (χ1v) is 6.63. The Balaban J connectivity index is 2.25. The lowest BCUT2D eigenvalue weighted by Crippen LogP contribution is -2.27. The number of rotatable bonds is 3. The zero-order valence-electron chi connectivity index (χ0n) is 10.8. The summed E-state index contributed by atoms with van der Waals surface area (Å²) in [6, 6.07) is 5.22. The molecule has 1 aromatic carbocycles. The predicted octanol–water partition coefficient (Wildman–Crippen LogP) is 3.63. The summed E-state index contributed by atoms with van der Waals surface area (Å²) in [6.45, 7) is 3.14. The van der Waals surface area contributed by atoms with Gasteiger partial charge in [-0.2, -0.15) is 0 Å². The number of halogens is 1. The molecule has 2 rings (SSSR count). The van der Waals surface area contributed by atoms with Crippen LogP contribution in [0.3, 0.4) is 0 Å². The van der Waals surface area contributed by atoms with Crippen molar-refractivity contribution in [1.29, 1.82) is 0 Å². The van der Waals surface area contributed by atoms with E-state index in [4.69, 9.17) is 0 Å². The fourth-order valence-corrected chi connectivity index (χ4v) is 3.13. The maximum absolute atomic E-state index is 13.4. The third-order valence-electron chi connectivity index (χ3n) is 4.02. The predicted molar refractivity (Wildman–Crippen MR) is 69.8 cm³/mol. The molecule has 0 aliphatic heterocycles. The summed E-state index contributed by atoms with van der Waals surface area (Å²) in [5, 5.41) is 3.28. The lowest BCUT2D eigenvalue weighted by molar-refractivity contribution is 0.300. The summed E-state index contributed by atoms with van der Waals surface area (Å²) < 4.78 is 13.4. The van der Waals surface area contributed by atoms with E-state index in [0.29, 0.717) is 11.8 Å². The molecule has 94 valence electrons. The molecule has 1 aliphatic rings. The second-order valence-corrected chi connectivity index (χ2v) is 5.21. The van der Waals surface area contributed by atoms with Gasteiger partial charge in [0.1, 0.15) is 5.82 Å². The summed E-state index contributed by atoms with van der Waals surface area (Å²) in [7, 11) is 2.00. The van der Waals surface area contributed by atoms with Crippen molar-refractivity contribution in [2.75, 3.05) is 13.6 Å². The van der Waals surface area contributed by atoms with Crippen molar-refractivity contribution in [1.82, 2.24) is 5.32 Å². The quantitative estimate of drug-likeness (QED) is 0.843. The molecule has 1 N–H and O–H groups in total. The van der Waals surface area contributed by atoms with Crippen LogP contribution in [0.15, 0.2) is 18.2 Å². The molecular formula is C15H22FN. The van der Waals surface area contributed by atoms with Crippen LogP contribution >= 0.6 is 0 Å². The molecule has 0 spiro atoms. The van der Waals surface area contributed by atoms with Crippen LogP contribution in [0.1, 0.15) is 42.7 Å². The first kappa shape index (κ1) is 12.6. The fraction of sp³-hybridized carbons (Fsp3) is 0.600. The second kappa shape index (κ2) is 5.63. The van der Waals surface area contributed by atoms with Crippen molar-refractivity contribution in [3.63, 3.8) is 0 Å². The summed E-state index contributed by atoms with van der Waals surface area (Å²) >= 11 is 0. The minimum atomic E-state index is -0.0978. The Morgan fingerprint density at radius 1 is 1.29 bits per heavy atom. The van der Waals surface area contributed by atoms with Gasteiger partial charge in [0.25, 0.3) is 0 Å². The molecule has 0 heterocycles. The van der Waals surface area contributed by atoms with Gasteiger partial charge in [-0.25, -0.2) is 4.39 Å². The Bertz CT molecular complexity index is 373. The van der Waals surface area contributed by atoms with Crippen LogP contribution in [-0.4, -0.2) is 13.6 Å². The van der Waals surface area contributed by atoms with Crippen molar-refractivity contribution >= 4 is 0 Å². The highest BCUT2D eigenvalue weighted by molar-refractivity contribution is 5.31. The fourth-order valence-electron chi connectivity index (χ4n) is 3.13. The number of hydrogen-bond donors (Lipinski definition) is 1. The van der Waals surface area contributed by atoms with Crippen LogP contribution in [0.4, 0.5) is 4.39 Å². The van der Waals surface area contributed by atoms with Crippen molar-refractivity contribution < 1.29 is 4.39 Å². The van der Waals surface area contributed by atoms with Gasteiger partial charge in [-0.3, -0.25) is 0 Å². The Morgan fingerprint density at radius 3 is 2.82 bits per heavy atom. The standard InChI is InChI=1S/C15H22FN/c1-11-7-8-13(16)9-15(11)14-6-4-3-5-12(14)10-17-2/h7-9,12,14,17H,3-6,10H2,1-2H3. The lowest BCUT2D eigenvalue weighted by Gasteiger charge is -2.32. The van der Waals surface area contributed by atoms with E-state index in [1.54, 1.807) is 12.1 Å². The lowest BCUT2D eigenvalue weighted by atomic mass is 9.74. The zero-order valence-corrected chi connectivity index (χ0v) is 10.8. The van der Waals surface area contributed by atoms with Gasteiger partial charge in [0.2, 0.25) is 0 Å². The van der Waals surface area contributed by atoms with Crippen molar-refractivity contribution in [2.45, 2.75) is 38.5 Å². The Morgan fingerprint density at radius 2 is 2.06 bits per heavy atom. The molecule has 0 saturated heterocycles. The van der Waals surface area contributed by atoms with Crippen LogP contribution < -0.4 is 5.32 Å². The Kier molecular flexibility index (Phi) is 4.16. The summed E-state index contributed by atoms with van der Waals surface area (Å²) in [5.74, 6) is 1.10. The largest absolute Gasteiger partial charge is 0.319 e. The molecule has 0 aromatic heterocycles. The van der Waals surface area contributed by atoms with Gasteiger partial charge in [-0.15, -0.1) is 0 Å². The third kappa shape index (κ3) is 2.86. The van der Waals surface area contributed by atoms with Gasteiger partial charge in [0.15, 0.2) is 0 Å². The molecule has 1 saturated carbocycles. The number of benzene rings is 1. The van der Waals surface area contributed by atoms with Gasteiger partial charge in [0.05, 0.1) is 0 Å². The molecule has 2 heteroatoms. The van der Waals surface area contributed by atoms with E-state index in [-0.39, 0.29) is 5.82 Å². The smallest absolute Gasteiger partial charge is 0.123 e. The van der Waals surface area contributed by atoms with E-state index in [2.05, 4.69) is 12.2 Å². The molecule has 0 amide bonds. The zero-order chi connectivity index (χ0) is 12.3. The normalized spacial score (nSPS) is 24.9. The SMILES string of the molecule is CNCC1CCCCC1c1cc(F)ccc1C. The summed E-state index contributed by atoms with van der Waals surface area (Å²) in [6.07, 6.45) is 5.07. The monoisotopic (exact) mass is 235 g/mol. The van der Waals surface area contributed by atoms with E-state index < -0.39 is 0 Å². The molecule has 17 heavy (non-hydrogen) atoms. The first-order valence-electron chi connectivity index (χ1n) is 6.63. The summed E-state index contributed by atoms with van der Waals surface area (Å²) in [4.78, 5) is 0. The van der Waals surface area contributed by atoms with Gasteiger partial charge in [-0.05, 0) is 68.5 Å². The molecule has 2 atom stereocenters. The highest BCUT2D eigenvalue weighted by atomic mass is 19.1. The van der Waals surface area contributed by atoms with Crippen molar-refractivity contribution in [3.05, 3.63) is 35.1 Å². The third-order valence-corrected chi connectivity index (χ3v) is 4.02. The average molecular weight is 235 g/mol. The number of nitrogens with one attached hydrogen (secondary N) is 1. The minimum Gasteiger partial charge on any atom is -0.319 e. The first-order chi connectivity index (χ1) is 8.22. The van der Waals surface area contributed by atoms with Crippen LogP contribution in [0.5, 0.6) is 0 Å².